The maximum Gasteiger partial charge on any atom is 0.127 e. The lowest BCUT2D eigenvalue weighted by molar-refractivity contribution is 0.522. The van der Waals surface area contributed by atoms with Crippen LogP contribution in [0.25, 0.3) is 0 Å². The van der Waals surface area contributed by atoms with Crippen LogP contribution in [0, 0.1) is 12.7 Å². The molecule has 0 aliphatic heterocycles. The first-order valence-electron chi connectivity index (χ1n) is 5.64. The van der Waals surface area contributed by atoms with Gasteiger partial charge in [-0.1, -0.05) is 24.6 Å². The van der Waals surface area contributed by atoms with Crippen molar-refractivity contribution in [3.8, 4) is 0 Å². The highest BCUT2D eigenvalue weighted by Gasteiger charge is 2.07. The molecule has 1 N–H and O–H groups in total. The van der Waals surface area contributed by atoms with Crippen molar-refractivity contribution in [3.63, 3.8) is 0 Å². The number of rotatable bonds is 6. The van der Waals surface area contributed by atoms with Crippen molar-refractivity contribution in [3.05, 3.63) is 35.1 Å². The second-order valence-electron chi connectivity index (χ2n) is 4.04. The fourth-order valence-corrected chi connectivity index (χ4v) is 2.37. The van der Waals surface area contributed by atoms with Crippen LogP contribution in [0.1, 0.15) is 24.5 Å². The van der Waals surface area contributed by atoms with E-state index in [1.54, 1.807) is 12.1 Å². The molecule has 1 aromatic rings. The van der Waals surface area contributed by atoms with Crippen molar-refractivity contribution in [1.29, 1.82) is 0 Å². The molecule has 0 radical (unpaired) electrons. The van der Waals surface area contributed by atoms with Crippen molar-refractivity contribution in [1.82, 2.24) is 5.32 Å². The van der Waals surface area contributed by atoms with Gasteiger partial charge >= 0.3 is 0 Å². The van der Waals surface area contributed by atoms with Crippen LogP contribution >= 0.6 is 11.8 Å². The molecule has 0 fully saturated rings. The predicted octanol–water partition coefficient (Wildman–Crippen LogP) is 3.37. The van der Waals surface area contributed by atoms with Crippen LogP contribution in [0.2, 0.25) is 0 Å². The minimum atomic E-state index is -0.114. The van der Waals surface area contributed by atoms with Gasteiger partial charge in [0.05, 0.1) is 0 Å². The molecule has 0 amide bonds. The first kappa shape index (κ1) is 13.5. The highest BCUT2D eigenvalue weighted by molar-refractivity contribution is 7.98. The van der Waals surface area contributed by atoms with Crippen LogP contribution in [-0.4, -0.2) is 18.1 Å². The molecule has 1 unspecified atom stereocenters. The molecule has 1 nitrogen and oxygen atoms in total. The van der Waals surface area contributed by atoms with Gasteiger partial charge < -0.3 is 5.32 Å². The molecule has 1 atom stereocenters. The zero-order chi connectivity index (χ0) is 12.0. The smallest absolute Gasteiger partial charge is 0.127 e. The van der Waals surface area contributed by atoms with Crippen LogP contribution in [0.3, 0.4) is 0 Å². The molecule has 1 rings (SSSR count). The van der Waals surface area contributed by atoms with E-state index in [2.05, 4.69) is 18.5 Å². The summed E-state index contributed by atoms with van der Waals surface area (Å²) in [5.41, 5.74) is 1.87. The average Bonchev–Trinajstić information content (AvgIpc) is 2.28. The predicted molar refractivity (Wildman–Crippen MR) is 70.4 cm³/mol. The Labute approximate surface area is 102 Å². The van der Waals surface area contributed by atoms with E-state index in [0.717, 1.165) is 23.3 Å². The lowest BCUT2D eigenvalue weighted by Gasteiger charge is -2.16. The lowest BCUT2D eigenvalue weighted by atomic mass is 10.1. The van der Waals surface area contributed by atoms with Crippen molar-refractivity contribution in [2.24, 2.45) is 0 Å². The van der Waals surface area contributed by atoms with Gasteiger partial charge in [0.2, 0.25) is 0 Å². The Balaban J connectivity index is 2.55. The van der Waals surface area contributed by atoms with Gasteiger partial charge in [-0.05, 0) is 25.7 Å². The molecular weight excluding hydrogens is 221 g/mol. The molecule has 0 spiro atoms. The molecule has 0 aliphatic rings. The summed E-state index contributed by atoms with van der Waals surface area (Å²) in [6, 6.07) is 5.73. The number of aryl methyl sites for hydroxylation is 1. The summed E-state index contributed by atoms with van der Waals surface area (Å²) in [5.74, 6) is 0.960. The Bertz CT molecular complexity index is 328. The Hall–Kier alpha value is -0.540. The van der Waals surface area contributed by atoms with Crippen LogP contribution in [0.4, 0.5) is 4.39 Å². The fourth-order valence-electron chi connectivity index (χ4n) is 1.62. The summed E-state index contributed by atoms with van der Waals surface area (Å²) in [6.45, 7) is 4.76. The van der Waals surface area contributed by atoms with Crippen molar-refractivity contribution in [2.45, 2.75) is 32.9 Å². The second kappa shape index (κ2) is 6.92. The van der Waals surface area contributed by atoms with Gasteiger partial charge in [0.1, 0.15) is 5.82 Å². The summed E-state index contributed by atoms with van der Waals surface area (Å²) in [5, 5.41) is 3.39. The number of hydrogen-bond donors (Lipinski definition) is 1. The first-order valence-corrected chi connectivity index (χ1v) is 7.04. The highest BCUT2D eigenvalue weighted by Crippen LogP contribution is 2.10. The maximum absolute atomic E-state index is 13.5. The summed E-state index contributed by atoms with van der Waals surface area (Å²) in [4.78, 5) is 0. The Kier molecular flexibility index (Phi) is 5.85. The second-order valence-corrected chi connectivity index (χ2v) is 4.95. The average molecular weight is 241 g/mol. The Morgan fingerprint density at radius 1 is 1.44 bits per heavy atom. The number of benzene rings is 1. The zero-order valence-electron chi connectivity index (χ0n) is 10.2. The van der Waals surface area contributed by atoms with E-state index in [-0.39, 0.29) is 5.82 Å². The van der Waals surface area contributed by atoms with Gasteiger partial charge in [-0.3, -0.25) is 0 Å². The molecule has 90 valence electrons. The number of nitrogens with one attached hydrogen (secondary N) is 1. The zero-order valence-corrected chi connectivity index (χ0v) is 11.0. The number of thioether (sulfide) groups is 1. The summed E-state index contributed by atoms with van der Waals surface area (Å²) >= 11 is 1.82. The third-order valence-electron chi connectivity index (χ3n) is 2.64. The third kappa shape index (κ3) is 4.14. The fraction of sp³-hybridized carbons (Fsp3) is 0.538. The minimum absolute atomic E-state index is 0.114. The monoisotopic (exact) mass is 241 g/mol. The van der Waals surface area contributed by atoms with E-state index < -0.39 is 0 Å². The quantitative estimate of drug-likeness (QED) is 0.819. The molecule has 0 aliphatic carbocycles. The van der Waals surface area contributed by atoms with Gasteiger partial charge in [0.15, 0.2) is 0 Å². The summed E-state index contributed by atoms with van der Waals surface area (Å²) < 4.78 is 13.5. The van der Waals surface area contributed by atoms with E-state index in [1.807, 2.05) is 24.8 Å². The number of halogens is 1. The van der Waals surface area contributed by atoms with Gasteiger partial charge in [-0.15, -0.1) is 0 Å². The van der Waals surface area contributed by atoms with Crippen LogP contribution in [0.5, 0.6) is 0 Å². The highest BCUT2D eigenvalue weighted by atomic mass is 32.2. The van der Waals surface area contributed by atoms with Crippen LogP contribution in [-0.2, 0) is 6.54 Å². The molecule has 0 heterocycles. The van der Waals surface area contributed by atoms with Gasteiger partial charge in [-0.2, -0.15) is 11.8 Å². The van der Waals surface area contributed by atoms with E-state index in [4.69, 9.17) is 0 Å². The molecular formula is C13H20FNS. The van der Waals surface area contributed by atoms with Crippen molar-refractivity contribution in [2.75, 3.05) is 12.0 Å². The molecule has 1 aromatic carbocycles. The largest absolute Gasteiger partial charge is 0.309 e. The molecule has 3 heteroatoms. The van der Waals surface area contributed by atoms with Gasteiger partial charge in [0, 0.05) is 23.9 Å². The standard InChI is InChI=1S/C13H20FNS/c1-4-12(9-16-3)15-8-11-7-10(2)5-6-13(11)14/h5-7,12,15H,4,8-9H2,1-3H3. The maximum atomic E-state index is 13.5. The molecule has 0 saturated heterocycles. The molecule has 0 aromatic heterocycles. The topological polar surface area (TPSA) is 12.0 Å². The van der Waals surface area contributed by atoms with Crippen molar-refractivity contribution >= 4 is 11.8 Å². The van der Waals surface area contributed by atoms with Gasteiger partial charge in [-0.25, -0.2) is 4.39 Å². The SMILES string of the molecule is CCC(CSC)NCc1cc(C)ccc1F. The Morgan fingerprint density at radius 2 is 2.19 bits per heavy atom. The Morgan fingerprint density at radius 3 is 2.81 bits per heavy atom. The van der Waals surface area contributed by atoms with Crippen molar-refractivity contribution < 1.29 is 4.39 Å². The van der Waals surface area contributed by atoms with E-state index in [1.165, 1.54) is 0 Å². The van der Waals surface area contributed by atoms with E-state index in [0.29, 0.717) is 12.6 Å². The van der Waals surface area contributed by atoms with E-state index in [9.17, 15) is 4.39 Å². The third-order valence-corrected chi connectivity index (χ3v) is 3.38. The number of hydrogen-bond acceptors (Lipinski definition) is 2. The molecule has 0 saturated carbocycles. The normalized spacial score (nSPS) is 12.8. The molecule has 16 heavy (non-hydrogen) atoms. The first-order chi connectivity index (χ1) is 7.67. The minimum Gasteiger partial charge on any atom is -0.309 e. The lowest BCUT2D eigenvalue weighted by Crippen LogP contribution is -2.30. The van der Waals surface area contributed by atoms with E-state index >= 15 is 0 Å². The summed E-state index contributed by atoms with van der Waals surface area (Å²) in [6.07, 6.45) is 3.17. The van der Waals surface area contributed by atoms with Crippen LogP contribution in [0.15, 0.2) is 18.2 Å². The van der Waals surface area contributed by atoms with Crippen LogP contribution < -0.4 is 5.32 Å². The summed E-state index contributed by atoms with van der Waals surface area (Å²) in [7, 11) is 0. The van der Waals surface area contributed by atoms with Gasteiger partial charge in [0.25, 0.3) is 0 Å². The molecule has 0 bridgehead atoms.